The smallest absolute Gasteiger partial charge is 0.115 e. The molecule has 0 bridgehead atoms. The second-order valence-electron chi connectivity index (χ2n) is 5.27. The monoisotopic (exact) mass is 257 g/mol. The molecule has 1 heterocycles. The van der Waals surface area contributed by atoms with Crippen LogP contribution in [0, 0.1) is 6.92 Å². The molecule has 1 aromatic heterocycles. The Morgan fingerprint density at radius 1 is 1.42 bits per heavy atom. The number of aromatic nitrogens is 2. The third-order valence-electron chi connectivity index (χ3n) is 3.79. The Kier molecular flexibility index (Phi) is 2.93. The average Bonchev–Trinajstić information content (AvgIpc) is 2.69. The molecule has 100 valence electrons. The number of fused-ring (bicyclic) bond motifs is 1. The molecule has 1 aromatic carbocycles. The fraction of sp³-hybridized carbons (Fsp3) is 0.400. The maximum Gasteiger partial charge on any atom is 0.115 e. The lowest BCUT2D eigenvalue weighted by Crippen LogP contribution is -2.17. The van der Waals surface area contributed by atoms with Crippen LogP contribution >= 0.6 is 0 Å². The van der Waals surface area contributed by atoms with Crippen molar-refractivity contribution < 1.29 is 5.11 Å². The van der Waals surface area contributed by atoms with Gasteiger partial charge in [-0.15, -0.1) is 0 Å². The second-order valence-corrected chi connectivity index (χ2v) is 5.27. The minimum Gasteiger partial charge on any atom is -0.508 e. The number of aryl methyl sites for hydroxylation is 3. The molecular weight excluding hydrogens is 238 g/mol. The van der Waals surface area contributed by atoms with Gasteiger partial charge in [-0.25, -0.2) is 0 Å². The number of hydrogen-bond acceptors (Lipinski definition) is 3. The third kappa shape index (κ3) is 2.30. The SMILES string of the molecule is Cc1nn(C)cc1NC1CCCc2ccc(O)cc21. The quantitative estimate of drug-likeness (QED) is 0.869. The van der Waals surface area contributed by atoms with Crippen molar-refractivity contribution in [1.82, 2.24) is 9.78 Å². The number of rotatable bonds is 2. The minimum atomic E-state index is 0.263. The number of anilines is 1. The van der Waals surface area contributed by atoms with Crippen LogP contribution in [0.25, 0.3) is 0 Å². The first kappa shape index (κ1) is 12.1. The zero-order valence-electron chi connectivity index (χ0n) is 11.3. The lowest BCUT2D eigenvalue weighted by molar-refractivity contribution is 0.471. The van der Waals surface area contributed by atoms with Gasteiger partial charge in [-0.2, -0.15) is 5.10 Å². The molecule has 0 aliphatic heterocycles. The molecule has 1 atom stereocenters. The van der Waals surface area contributed by atoms with E-state index < -0.39 is 0 Å². The van der Waals surface area contributed by atoms with Gasteiger partial charge in [0.15, 0.2) is 0 Å². The molecule has 0 saturated carbocycles. The first-order valence-electron chi connectivity index (χ1n) is 6.72. The van der Waals surface area contributed by atoms with Gasteiger partial charge in [0.05, 0.1) is 17.4 Å². The Morgan fingerprint density at radius 2 is 2.26 bits per heavy atom. The van der Waals surface area contributed by atoms with Crippen molar-refractivity contribution in [1.29, 1.82) is 0 Å². The summed E-state index contributed by atoms with van der Waals surface area (Å²) in [4.78, 5) is 0. The first-order chi connectivity index (χ1) is 9.13. The highest BCUT2D eigenvalue weighted by Gasteiger charge is 2.21. The zero-order chi connectivity index (χ0) is 13.4. The number of nitrogens with one attached hydrogen (secondary N) is 1. The molecule has 4 nitrogen and oxygen atoms in total. The molecule has 1 aliphatic rings. The molecule has 1 aliphatic carbocycles. The number of phenols is 1. The second kappa shape index (κ2) is 4.61. The Hall–Kier alpha value is -1.97. The molecule has 3 rings (SSSR count). The number of nitrogens with zero attached hydrogens (tertiary/aromatic N) is 2. The zero-order valence-corrected chi connectivity index (χ0v) is 11.3. The number of benzene rings is 1. The molecule has 0 amide bonds. The van der Waals surface area contributed by atoms with E-state index in [1.807, 2.05) is 37.0 Å². The van der Waals surface area contributed by atoms with E-state index in [0.29, 0.717) is 5.75 Å². The molecule has 0 radical (unpaired) electrons. The molecule has 2 aromatic rings. The van der Waals surface area contributed by atoms with Gasteiger partial charge in [0.2, 0.25) is 0 Å². The van der Waals surface area contributed by atoms with Crippen LogP contribution in [0.3, 0.4) is 0 Å². The highest BCUT2D eigenvalue weighted by Crippen LogP contribution is 2.34. The van der Waals surface area contributed by atoms with Gasteiger partial charge in [-0.1, -0.05) is 6.07 Å². The summed E-state index contributed by atoms with van der Waals surface area (Å²) in [6.45, 7) is 2.01. The highest BCUT2D eigenvalue weighted by atomic mass is 16.3. The summed E-state index contributed by atoms with van der Waals surface area (Å²) >= 11 is 0. The van der Waals surface area contributed by atoms with Gasteiger partial charge in [-0.3, -0.25) is 4.68 Å². The van der Waals surface area contributed by atoms with E-state index in [2.05, 4.69) is 10.4 Å². The Balaban J connectivity index is 1.91. The van der Waals surface area contributed by atoms with E-state index in [4.69, 9.17) is 0 Å². The summed E-state index contributed by atoms with van der Waals surface area (Å²) in [7, 11) is 1.93. The van der Waals surface area contributed by atoms with Crippen LogP contribution in [-0.4, -0.2) is 14.9 Å². The van der Waals surface area contributed by atoms with Crippen molar-refractivity contribution in [2.75, 3.05) is 5.32 Å². The summed E-state index contributed by atoms with van der Waals surface area (Å²) in [5.41, 5.74) is 4.64. The van der Waals surface area contributed by atoms with E-state index in [0.717, 1.165) is 24.2 Å². The number of hydrogen-bond donors (Lipinski definition) is 2. The van der Waals surface area contributed by atoms with Crippen LogP contribution < -0.4 is 5.32 Å². The predicted octanol–water partition coefficient (Wildman–Crippen LogP) is 2.92. The summed E-state index contributed by atoms with van der Waals surface area (Å²) in [6.07, 6.45) is 5.37. The molecule has 4 heteroatoms. The van der Waals surface area contributed by atoms with Crippen molar-refractivity contribution >= 4 is 5.69 Å². The lowest BCUT2D eigenvalue weighted by Gasteiger charge is -2.27. The highest BCUT2D eigenvalue weighted by molar-refractivity contribution is 5.50. The van der Waals surface area contributed by atoms with E-state index >= 15 is 0 Å². The van der Waals surface area contributed by atoms with Crippen LogP contribution in [0.4, 0.5) is 5.69 Å². The summed E-state index contributed by atoms with van der Waals surface area (Å²) in [5.74, 6) is 0.343. The van der Waals surface area contributed by atoms with Gasteiger partial charge < -0.3 is 10.4 Å². The Labute approximate surface area is 113 Å². The van der Waals surface area contributed by atoms with Crippen molar-refractivity contribution in [2.45, 2.75) is 32.2 Å². The van der Waals surface area contributed by atoms with Gasteiger partial charge in [0, 0.05) is 13.2 Å². The van der Waals surface area contributed by atoms with Crippen LogP contribution in [0.5, 0.6) is 5.75 Å². The maximum atomic E-state index is 9.69. The topological polar surface area (TPSA) is 50.1 Å². The summed E-state index contributed by atoms with van der Waals surface area (Å²) in [6, 6.07) is 5.96. The number of phenolic OH excluding ortho intramolecular Hbond substituents is 1. The van der Waals surface area contributed by atoms with E-state index in [9.17, 15) is 5.11 Å². The summed E-state index contributed by atoms with van der Waals surface area (Å²) < 4.78 is 1.82. The molecule has 1 unspecified atom stereocenters. The fourth-order valence-corrected chi connectivity index (χ4v) is 2.87. The number of aromatic hydroxyl groups is 1. The molecule has 0 spiro atoms. The fourth-order valence-electron chi connectivity index (χ4n) is 2.87. The van der Waals surface area contributed by atoms with Crippen molar-refractivity contribution in [3.05, 3.63) is 41.2 Å². The van der Waals surface area contributed by atoms with Crippen molar-refractivity contribution in [3.63, 3.8) is 0 Å². The third-order valence-corrected chi connectivity index (χ3v) is 3.79. The van der Waals surface area contributed by atoms with Gasteiger partial charge in [0.1, 0.15) is 5.75 Å². The largest absolute Gasteiger partial charge is 0.508 e. The van der Waals surface area contributed by atoms with E-state index in [1.54, 1.807) is 6.07 Å². The first-order valence-corrected chi connectivity index (χ1v) is 6.72. The summed E-state index contributed by atoms with van der Waals surface area (Å²) in [5, 5.41) is 17.6. The molecule has 0 fully saturated rings. The van der Waals surface area contributed by atoms with E-state index in [1.165, 1.54) is 17.5 Å². The molecule has 19 heavy (non-hydrogen) atoms. The van der Waals surface area contributed by atoms with Crippen LogP contribution in [0.2, 0.25) is 0 Å². The standard InChI is InChI=1S/C15H19N3O/c1-10-15(9-18(2)17-10)16-14-5-3-4-11-6-7-12(19)8-13(11)14/h6-9,14,16,19H,3-5H2,1-2H3. The van der Waals surface area contributed by atoms with Gasteiger partial charge in [-0.05, 0) is 49.4 Å². The van der Waals surface area contributed by atoms with E-state index in [-0.39, 0.29) is 6.04 Å². The minimum absolute atomic E-state index is 0.263. The molecule has 2 N–H and O–H groups in total. The van der Waals surface area contributed by atoms with Gasteiger partial charge >= 0.3 is 0 Å². The lowest BCUT2D eigenvalue weighted by atomic mass is 9.87. The normalized spacial score (nSPS) is 18.1. The van der Waals surface area contributed by atoms with Crippen molar-refractivity contribution in [2.24, 2.45) is 7.05 Å². The van der Waals surface area contributed by atoms with Crippen LogP contribution in [0.1, 0.15) is 35.7 Å². The molecule has 0 saturated heterocycles. The maximum absolute atomic E-state index is 9.69. The predicted molar refractivity (Wildman–Crippen MR) is 75.4 cm³/mol. The Bertz CT molecular complexity index is 603. The van der Waals surface area contributed by atoms with Crippen LogP contribution in [-0.2, 0) is 13.5 Å². The van der Waals surface area contributed by atoms with Gasteiger partial charge in [0.25, 0.3) is 0 Å². The average molecular weight is 257 g/mol. The van der Waals surface area contributed by atoms with Crippen LogP contribution in [0.15, 0.2) is 24.4 Å². The van der Waals surface area contributed by atoms with Crippen molar-refractivity contribution in [3.8, 4) is 5.75 Å². The molecular formula is C15H19N3O. The Morgan fingerprint density at radius 3 is 3.00 bits per heavy atom.